The molecule has 7 nitrogen and oxygen atoms in total. The van der Waals surface area contributed by atoms with Crippen molar-refractivity contribution in [2.75, 3.05) is 19.6 Å². The van der Waals surface area contributed by atoms with Gasteiger partial charge in [0.1, 0.15) is 5.65 Å². The summed E-state index contributed by atoms with van der Waals surface area (Å²) in [6.07, 6.45) is 1.55. The van der Waals surface area contributed by atoms with Gasteiger partial charge in [0.2, 0.25) is 0 Å². The number of aromatic nitrogens is 2. The molecule has 0 saturated carbocycles. The van der Waals surface area contributed by atoms with E-state index < -0.39 is 11.7 Å². The van der Waals surface area contributed by atoms with Gasteiger partial charge >= 0.3 is 0 Å². The molecule has 1 saturated heterocycles. The Morgan fingerprint density at radius 3 is 2.13 bits per heavy atom. The molecule has 2 amide bonds. The van der Waals surface area contributed by atoms with E-state index in [0.717, 1.165) is 11.3 Å². The lowest BCUT2D eigenvalue weighted by Gasteiger charge is -2.39. The maximum absolute atomic E-state index is 13.1. The van der Waals surface area contributed by atoms with Gasteiger partial charge in [0.15, 0.2) is 0 Å². The second kappa shape index (κ2) is 13.0. The highest BCUT2D eigenvalue weighted by Crippen LogP contribution is 2.24. The maximum Gasteiger partial charge on any atom is 0.295 e. The number of hydrogen-bond acceptors (Lipinski definition) is 4. The summed E-state index contributed by atoms with van der Waals surface area (Å²) in [6, 6.07) is 22.2. The molecule has 4 aromatic rings. The number of aromatic amines is 1. The molecule has 1 fully saturated rings. The van der Waals surface area contributed by atoms with E-state index in [9.17, 15) is 14.4 Å². The minimum Gasteiger partial charge on any atom is -0.345 e. The van der Waals surface area contributed by atoms with E-state index in [1.165, 1.54) is 0 Å². The zero-order valence-electron chi connectivity index (χ0n) is 21.6. The SMILES string of the molecule is C=C.C=C.C[C@@H]1CN(C(=O)c2ccccc2)CCN1C(=O)C(=O)c1c[nH]c2nc(-c3ccccc3)ccc12. The number of amides is 2. The van der Waals surface area contributed by atoms with Crippen LogP contribution in [0.15, 0.2) is 105 Å². The Morgan fingerprint density at radius 2 is 1.50 bits per heavy atom. The van der Waals surface area contributed by atoms with Gasteiger partial charge in [-0.1, -0.05) is 48.5 Å². The van der Waals surface area contributed by atoms with Crippen LogP contribution in [0.3, 0.4) is 0 Å². The highest BCUT2D eigenvalue weighted by atomic mass is 16.2. The number of piperazine rings is 1. The molecule has 1 atom stereocenters. The second-order valence-electron chi connectivity index (χ2n) is 8.45. The molecule has 194 valence electrons. The lowest BCUT2D eigenvalue weighted by Crippen LogP contribution is -2.56. The molecule has 0 aliphatic carbocycles. The molecule has 38 heavy (non-hydrogen) atoms. The molecule has 0 unspecified atom stereocenters. The van der Waals surface area contributed by atoms with Gasteiger partial charge < -0.3 is 14.8 Å². The van der Waals surface area contributed by atoms with Crippen LogP contribution in [0.1, 0.15) is 27.6 Å². The largest absolute Gasteiger partial charge is 0.345 e. The summed E-state index contributed by atoms with van der Waals surface area (Å²) < 4.78 is 0. The van der Waals surface area contributed by atoms with Gasteiger partial charge in [-0.05, 0) is 31.2 Å². The van der Waals surface area contributed by atoms with Crippen molar-refractivity contribution >= 4 is 28.6 Å². The van der Waals surface area contributed by atoms with Gasteiger partial charge in [0.05, 0.1) is 11.3 Å². The average Bonchev–Trinajstić information content (AvgIpc) is 3.42. The average molecular weight is 509 g/mol. The molecule has 1 N–H and O–H groups in total. The minimum absolute atomic E-state index is 0.0669. The number of Topliss-reactive ketones (excluding diaryl/α,β-unsaturated/α-hetero) is 1. The summed E-state index contributed by atoms with van der Waals surface area (Å²) in [6.45, 7) is 14.9. The number of benzene rings is 2. The summed E-state index contributed by atoms with van der Waals surface area (Å²) in [7, 11) is 0. The van der Waals surface area contributed by atoms with Crippen molar-refractivity contribution in [2.45, 2.75) is 13.0 Å². The predicted molar refractivity (Wildman–Crippen MR) is 152 cm³/mol. The predicted octanol–water partition coefficient (Wildman–Crippen LogP) is 5.39. The van der Waals surface area contributed by atoms with E-state index in [0.29, 0.717) is 41.8 Å². The van der Waals surface area contributed by atoms with Crippen molar-refractivity contribution in [1.29, 1.82) is 0 Å². The monoisotopic (exact) mass is 508 g/mol. The number of nitrogens with zero attached hydrogens (tertiary/aromatic N) is 3. The first kappa shape index (κ1) is 27.8. The molecule has 0 bridgehead atoms. The third kappa shape index (κ3) is 5.78. The van der Waals surface area contributed by atoms with Crippen LogP contribution in [0.2, 0.25) is 0 Å². The van der Waals surface area contributed by atoms with Crippen molar-refractivity contribution in [2.24, 2.45) is 0 Å². The van der Waals surface area contributed by atoms with Crippen molar-refractivity contribution in [3.63, 3.8) is 0 Å². The summed E-state index contributed by atoms with van der Waals surface area (Å²) in [5.41, 5.74) is 3.24. The first-order chi connectivity index (χ1) is 18.5. The van der Waals surface area contributed by atoms with Crippen LogP contribution in [0.5, 0.6) is 0 Å². The fraction of sp³-hybridized carbons (Fsp3) is 0.161. The Hall–Kier alpha value is -4.78. The normalized spacial score (nSPS) is 14.5. The Morgan fingerprint density at radius 1 is 0.868 bits per heavy atom. The summed E-state index contributed by atoms with van der Waals surface area (Å²) in [5.74, 6) is -1.20. The number of carbonyl (C=O) groups is 3. The molecule has 2 aromatic heterocycles. The van der Waals surface area contributed by atoms with Gasteiger partial charge in [0.25, 0.3) is 17.6 Å². The smallest absolute Gasteiger partial charge is 0.295 e. The molecule has 0 spiro atoms. The van der Waals surface area contributed by atoms with E-state index in [-0.39, 0.29) is 11.9 Å². The molecule has 2 aromatic carbocycles. The lowest BCUT2D eigenvalue weighted by atomic mass is 10.1. The van der Waals surface area contributed by atoms with Crippen LogP contribution in [-0.2, 0) is 4.79 Å². The quantitative estimate of drug-likeness (QED) is 0.228. The third-order valence-corrected chi connectivity index (χ3v) is 6.24. The van der Waals surface area contributed by atoms with E-state index >= 15 is 0 Å². The first-order valence-electron chi connectivity index (χ1n) is 12.3. The molecule has 7 heteroatoms. The Bertz CT molecular complexity index is 1400. The Labute approximate surface area is 223 Å². The number of ketones is 1. The number of carbonyl (C=O) groups excluding carboxylic acids is 3. The molecule has 3 heterocycles. The standard InChI is InChI=1S/C27H24N4O3.2C2H4/c1-18-17-30(26(33)20-10-6-3-7-11-20)14-15-31(18)27(34)24(32)22-16-28-25-21(22)12-13-23(29-25)19-8-4-2-5-9-19;2*1-2/h2-13,16,18H,14-15,17H2,1H3,(H,28,29);2*1-2H2/t18-;;/m1../s1. The van der Waals surface area contributed by atoms with Crippen LogP contribution in [0.25, 0.3) is 22.3 Å². The van der Waals surface area contributed by atoms with Gasteiger partial charge in [-0.2, -0.15) is 0 Å². The number of H-pyrrole nitrogens is 1. The highest BCUT2D eigenvalue weighted by molar-refractivity contribution is 6.44. The van der Waals surface area contributed by atoms with Crippen molar-refractivity contribution in [3.8, 4) is 11.3 Å². The van der Waals surface area contributed by atoms with Gasteiger partial charge in [-0.3, -0.25) is 14.4 Å². The van der Waals surface area contributed by atoms with Crippen LogP contribution in [-0.4, -0.2) is 63.0 Å². The zero-order chi connectivity index (χ0) is 27.7. The second-order valence-corrected chi connectivity index (χ2v) is 8.45. The number of pyridine rings is 1. The minimum atomic E-state index is -0.574. The number of nitrogens with one attached hydrogen (secondary N) is 1. The molecular formula is C31H32N4O3. The number of fused-ring (bicyclic) bond motifs is 1. The van der Waals surface area contributed by atoms with E-state index in [4.69, 9.17) is 0 Å². The van der Waals surface area contributed by atoms with E-state index in [1.54, 1.807) is 28.1 Å². The molecule has 1 aliphatic heterocycles. The summed E-state index contributed by atoms with van der Waals surface area (Å²) in [5, 5.41) is 0.614. The fourth-order valence-electron chi connectivity index (χ4n) is 4.42. The van der Waals surface area contributed by atoms with Crippen LogP contribution >= 0.6 is 0 Å². The molecule has 5 rings (SSSR count). The van der Waals surface area contributed by atoms with Gasteiger partial charge in [0, 0.05) is 48.4 Å². The van der Waals surface area contributed by atoms with Crippen LogP contribution in [0, 0.1) is 0 Å². The number of hydrogen-bond donors (Lipinski definition) is 1. The van der Waals surface area contributed by atoms with E-state index in [2.05, 4.69) is 36.3 Å². The van der Waals surface area contributed by atoms with Crippen molar-refractivity contribution in [1.82, 2.24) is 19.8 Å². The first-order valence-corrected chi connectivity index (χ1v) is 12.3. The maximum atomic E-state index is 13.1. The summed E-state index contributed by atoms with van der Waals surface area (Å²) >= 11 is 0. The van der Waals surface area contributed by atoms with Gasteiger partial charge in [-0.15, -0.1) is 26.3 Å². The Balaban J connectivity index is 0.000000956. The molecule has 1 aliphatic rings. The van der Waals surface area contributed by atoms with Crippen LogP contribution in [0.4, 0.5) is 0 Å². The Kier molecular flexibility index (Phi) is 9.48. The summed E-state index contributed by atoms with van der Waals surface area (Å²) in [4.78, 5) is 50.0. The van der Waals surface area contributed by atoms with Crippen molar-refractivity contribution < 1.29 is 14.4 Å². The van der Waals surface area contributed by atoms with Gasteiger partial charge in [-0.25, -0.2) is 4.98 Å². The zero-order valence-corrected chi connectivity index (χ0v) is 21.6. The third-order valence-electron chi connectivity index (χ3n) is 6.24. The van der Waals surface area contributed by atoms with Crippen LogP contribution < -0.4 is 0 Å². The van der Waals surface area contributed by atoms with Crippen molar-refractivity contribution in [3.05, 3.63) is 116 Å². The highest BCUT2D eigenvalue weighted by Gasteiger charge is 2.34. The molecular weight excluding hydrogens is 476 g/mol. The van der Waals surface area contributed by atoms with E-state index in [1.807, 2.05) is 67.6 Å². The topological polar surface area (TPSA) is 86.4 Å². The lowest BCUT2D eigenvalue weighted by molar-refractivity contribution is -0.130. The molecule has 0 radical (unpaired) electrons. The fourth-order valence-corrected chi connectivity index (χ4v) is 4.42. The number of rotatable bonds is 4.